The van der Waals surface area contributed by atoms with Crippen LogP contribution in [-0.4, -0.2) is 60.7 Å². The molecule has 0 bridgehead atoms. The second-order valence-electron chi connectivity index (χ2n) is 14.3. The maximum absolute atomic E-state index is 13.7. The normalized spacial score (nSPS) is 14.3. The standard InChI is InChI=1S/C46H30Cl2N6O10S2.2Na/c47-35-21-25(9-19-37(35)51-53-39-23-27-5-1-3-7-33(27)41(43(39)55)45(57)49-29-11-15-31(16-12-29)65(59,60)61)26-10-20-38(36(48)22-26)52-54-40-24-28-6-2-4-8-34(28)42(44(40)56)46(58)50-30-13-17-32(18-14-30)66(62,63)64;;/h1-24,51-52H,(H,49,57)(H,50,58)(H,59,60,61)(H,62,63,64);;/q;2*+1/p-2/b53-39+,54-40+;;. The van der Waals surface area contributed by atoms with E-state index in [0.29, 0.717) is 43.4 Å². The molecule has 6 aromatic carbocycles. The summed E-state index contributed by atoms with van der Waals surface area (Å²) in [5.74, 6) is -2.99. The van der Waals surface area contributed by atoms with E-state index in [1.165, 1.54) is 36.4 Å². The van der Waals surface area contributed by atoms with Crippen LogP contribution in [0.1, 0.15) is 0 Å². The minimum Gasteiger partial charge on any atom is -0.744 e. The summed E-state index contributed by atoms with van der Waals surface area (Å²) < 4.78 is 68.0. The molecule has 0 fully saturated rings. The summed E-state index contributed by atoms with van der Waals surface area (Å²) in [7, 11) is -9.41. The molecule has 4 N–H and O–H groups in total. The van der Waals surface area contributed by atoms with Crippen LogP contribution in [0.15, 0.2) is 153 Å². The molecule has 0 radical (unpaired) electrons. The summed E-state index contributed by atoms with van der Waals surface area (Å²) in [6.07, 6.45) is 3.01. The van der Waals surface area contributed by atoms with Crippen LogP contribution in [0, 0.1) is 0 Å². The van der Waals surface area contributed by atoms with Crippen LogP contribution in [0.4, 0.5) is 22.7 Å². The Morgan fingerprint density at radius 2 is 0.853 bits per heavy atom. The third-order valence-electron chi connectivity index (χ3n) is 10.1. The molecule has 0 saturated carbocycles. The topological polar surface area (TPSA) is 256 Å². The summed E-state index contributed by atoms with van der Waals surface area (Å²) >= 11 is 13.3. The van der Waals surface area contributed by atoms with Crippen LogP contribution in [-0.2, 0) is 39.4 Å². The number of benzene rings is 6. The van der Waals surface area contributed by atoms with Crippen molar-refractivity contribution in [3.63, 3.8) is 0 Å². The Balaban J connectivity index is 0.00000381. The minimum atomic E-state index is -4.70. The average Bonchev–Trinajstić information content (AvgIpc) is 3.28. The number of carbonyl (C=O) groups is 4. The number of rotatable bonds is 11. The van der Waals surface area contributed by atoms with Gasteiger partial charge in [-0.15, -0.1) is 0 Å². The molecular formula is C46H28Cl2N6Na2O10S2. The number of anilines is 4. The predicted molar refractivity (Wildman–Crippen MR) is 247 cm³/mol. The number of fused-ring (bicyclic) bond motifs is 2. The Morgan fingerprint density at radius 3 is 1.19 bits per heavy atom. The number of hydrogen-bond donors (Lipinski definition) is 4. The molecule has 0 spiro atoms. The van der Waals surface area contributed by atoms with Gasteiger partial charge in [0.1, 0.15) is 31.7 Å². The average molecular weight is 1010 g/mol. The maximum Gasteiger partial charge on any atom is 1.00 e. The van der Waals surface area contributed by atoms with Gasteiger partial charge < -0.3 is 19.7 Å². The van der Waals surface area contributed by atoms with Gasteiger partial charge in [0, 0.05) is 11.4 Å². The van der Waals surface area contributed by atoms with Gasteiger partial charge in [0.25, 0.3) is 11.8 Å². The molecule has 0 saturated heterocycles. The van der Waals surface area contributed by atoms with Gasteiger partial charge in [0.05, 0.1) is 42.4 Å². The van der Waals surface area contributed by atoms with Gasteiger partial charge in [-0.3, -0.25) is 30.0 Å². The SMILES string of the molecule is O=C(Nc1ccc(S(=O)(=O)[O-])cc1)C1=c2ccccc2=C/C(=N\Nc2ccc(-c3ccc(N/N=C4\C=c5ccccc5=C(C(=O)Nc5ccc(S(=O)(=O)[O-])cc5)C4=O)c(Cl)c3)cc2Cl)C1=O.[Na+].[Na+]. The Hall–Kier alpha value is -5.58. The zero-order valence-corrected chi connectivity index (χ0v) is 42.6. The number of ketones is 2. The predicted octanol–water partition coefficient (Wildman–Crippen LogP) is -2.28. The first kappa shape index (κ1) is 51.8. The molecule has 16 nitrogen and oxygen atoms in total. The number of nitrogens with one attached hydrogen (secondary N) is 4. The van der Waals surface area contributed by atoms with E-state index < -0.39 is 53.4 Å². The number of hydrazone groups is 2. The van der Waals surface area contributed by atoms with Crippen molar-refractivity contribution in [3.8, 4) is 11.1 Å². The number of amides is 2. The van der Waals surface area contributed by atoms with E-state index in [2.05, 4.69) is 31.7 Å². The van der Waals surface area contributed by atoms with Crippen LogP contribution in [0.3, 0.4) is 0 Å². The Bertz CT molecular complexity index is 3410. The Kier molecular flexibility index (Phi) is 16.3. The number of carbonyl (C=O) groups excluding carboxylic acids is 4. The van der Waals surface area contributed by atoms with Crippen LogP contribution in [0.2, 0.25) is 10.0 Å². The van der Waals surface area contributed by atoms with Crippen LogP contribution in [0.5, 0.6) is 0 Å². The second-order valence-corrected chi connectivity index (χ2v) is 17.9. The smallest absolute Gasteiger partial charge is 0.744 e. The summed E-state index contributed by atoms with van der Waals surface area (Å²) in [4.78, 5) is 53.4. The molecule has 0 aromatic heterocycles. The number of Topliss-reactive ketones (excluding diaryl/α,β-unsaturated/α-hetero) is 2. The molecular weight excluding hydrogens is 978 g/mol. The molecule has 22 heteroatoms. The van der Waals surface area contributed by atoms with E-state index in [1.54, 1.807) is 84.9 Å². The maximum atomic E-state index is 13.7. The number of nitrogens with zero attached hydrogens (tertiary/aromatic N) is 2. The van der Waals surface area contributed by atoms with Crippen LogP contribution >= 0.6 is 23.2 Å². The third kappa shape index (κ3) is 11.5. The fraction of sp³-hybridized carbons (Fsp3) is 0. The zero-order valence-electron chi connectivity index (χ0n) is 35.4. The van der Waals surface area contributed by atoms with E-state index in [1.807, 2.05) is 0 Å². The molecule has 0 aliphatic heterocycles. The quantitative estimate of drug-likeness (QED) is 0.0609. The number of hydrogen-bond acceptors (Lipinski definition) is 14. The third-order valence-corrected chi connectivity index (χ3v) is 12.4. The molecule has 2 aliphatic rings. The Morgan fingerprint density at radius 1 is 0.500 bits per heavy atom. The van der Waals surface area contributed by atoms with Gasteiger partial charge in [-0.2, -0.15) is 10.2 Å². The van der Waals surface area contributed by atoms with Gasteiger partial charge in [-0.1, -0.05) is 83.9 Å². The van der Waals surface area contributed by atoms with Crippen molar-refractivity contribution < 1.29 is 104 Å². The second kappa shape index (κ2) is 21.4. The molecule has 330 valence electrons. The van der Waals surface area contributed by atoms with Gasteiger partial charge in [0.2, 0.25) is 11.6 Å². The molecule has 2 amide bonds. The van der Waals surface area contributed by atoms with E-state index in [0.717, 1.165) is 24.3 Å². The Labute approximate surface area is 441 Å². The van der Waals surface area contributed by atoms with Gasteiger partial charge in [-0.05, 0) is 117 Å². The molecule has 0 unspecified atom stereocenters. The van der Waals surface area contributed by atoms with Crippen molar-refractivity contribution in [1.29, 1.82) is 0 Å². The van der Waals surface area contributed by atoms with E-state index in [4.69, 9.17) is 23.2 Å². The fourth-order valence-electron chi connectivity index (χ4n) is 6.85. The minimum absolute atomic E-state index is 0. The van der Waals surface area contributed by atoms with Gasteiger partial charge in [-0.25, -0.2) is 16.8 Å². The molecule has 8 rings (SSSR count). The molecule has 0 atom stereocenters. The zero-order chi connectivity index (χ0) is 46.9. The van der Waals surface area contributed by atoms with E-state index >= 15 is 0 Å². The monoisotopic (exact) mass is 1000 g/mol. The van der Waals surface area contributed by atoms with Crippen molar-refractivity contribution >= 4 is 124 Å². The van der Waals surface area contributed by atoms with Crippen molar-refractivity contribution in [2.24, 2.45) is 10.2 Å². The molecule has 6 aromatic rings. The van der Waals surface area contributed by atoms with Gasteiger partial charge >= 0.3 is 59.1 Å². The van der Waals surface area contributed by atoms with E-state index in [-0.39, 0.29) is 103 Å². The summed E-state index contributed by atoms with van der Waals surface area (Å²) in [5.41, 5.74) is 7.15. The van der Waals surface area contributed by atoms with Crippen molar-refractivity contribution in [1.82, 2.24) is 0 Å². The summed E-state index contributed by atoms with van der Waals surface area (Å²) in [5, 5.41) is 15.9. The van der Waals surface area contributed by atoms with E-state index in [9.17, 15) is 45.1 Å². The van der Waals surface area contributed by atoms with Crippen molar-refractivity contribution in [2.45, 2.75) is 9.79 Å². The first-order chi connectivity index (χ1) is 31.4. The number of halogens is 2. The van der Waals surface area contributed by atoms with Crippen LogP contribution in [0.25, 0.3) is 34.4 Å². The van der Waals surface area contributed by atoms with Gasteiger partial charge in [0.15, 0.2) is 0 Å². The largest absolute Gasteiger partial charge is 1.00 e. The molecule has 2 aliphatic carbocycles. The van der Waals surface area contributed by atoms with Crippen molar-refractivity contribution in [2.75, 3.05) is 21.5 Å². The summed E-state index contributed by atoms with van der Waals surface area (Å²) in [6.45, 7) is 0. The molecule has 0 heterocycles. The van der Waals surface area contributed by atoms with Crippen molar-refractivity contribution in [3.05, 3.63) is 164 Å². The first-order valence-electron chi connectivity index (χ1n) is 19.2. The fourth-order valence-corrected chi connectivity index (χ4v) is 8.24. The van der Waals surface area contributed by atoms with Crippen LogP contribution < -0.4 is 101 Å². The summed E-state index contributed by atoms with van der Waals surface area (Å²) in [6, 6.07) is 32.4. The first-order valence-corrected chi connectivity index (χ1v) is 22.7. The molecule has 68 heavy (non-hydrogen) atoms.